The predicted octanol–water partition coefficient (Wildman–Crippen LogP) is 4.40. The lowest BCUT2D eigenvalue weighted by atomic mass is 9.55. The fourth-order valence-corrected chi connectivity index (χ4v) is 6.06. The Morgan fingerprint density at radius 3 is 2.83 bits per heavy atom. The van der Waals surface area contributed by atoms with Crippen molar-refractivity contribution in [2.24, 2.45) is 23.0 Å². The molecule has 1 amide bonds. The minimum atomic E-state index is -0.357. The van der Waals surface area contributed by atoms with E-state index in [1.54, 1.807) is 0 Å². The number of primary amides is 1. The highest BCUT2D eigenvalue weighted by Gasteiger charge is 2.50. The molecular weight excluding hydrogens is 294 g/mol. The Hall–Kier alpha value is -1.75. The van der Waals surface area contributed by atoms with E-state index in [0.717, 1.165) is 23.8 Å². The van der Waals surface area contributed by atoms with Crippen molar-refractivity contribution in [1.82, 2.24) is 0 Å². The smallest absolute Gasteiger partial charge is 0.249 e. The number of hydrogen-bond acceptors (Lipinski definition) is 1. The van der Waals surface area contributed by atoms with Crippen LogP contribution in [0.4, 0.5) is 0 Å². The molecule has 2 fully saturated rings. The van der Waals surface area contributed by atoms with Gasteiger partial charge in [0.2, 0.25) is 5.91 Å². The Labute approximate surface area is 145 Å². The standard InChI is InChI=1S/C22H27NO/c1-3-5-14-12-18-15(13-19(14)21(23)24)7-8-17-16(18)9-11-22(2)10-4-6-20(17)22/h12-13,16-17,20H,4,6-11H2,1-2H3,(H2,23,24)/t16?,17?,20?,22-/m0/s1. The molecule has 1 aromatic rings. The number of benzene rings is 1. The lowest BCUT2D eigenvalue weighted by Crippen LogP contribution is -2.39. The summed E-state index contributed by atoms with van der Waals surface area (Å²) in [5.74, 6) is 8.06. The van der Waals surface area contributed by atoms with Gasteiger partial charge in [-0.25, -0.2) is 0 Å². The second-order valence-electron chi connectivity index (χ2n) is 8.34. The third-order valence-electron chi connectivity index (χ3n) is 7.17. The third kappa shape index (κ3) is 2.29. The number of rotatable bonds is 1. The quantitative estimate of drug-likeness (QED) is 0.765. The van der Waals surface area contributed by atoms with Crippen LogP contribution in [-0.4, -0.2) is 5.91 Å². The van der Waals surface area contributed by atoms with Crippen LogP contribution in [0.1, 0.15) is 85.3 Å². The number of hydrogen-bond donors (Lipinski definition) is 1. The van der Waals surface area contributed by atoms with Crippen molar-refractivity contribution in [2.45, 2.75) is 64.7 Å². The predicted molar refractivity (Wildman–Crippen MR) is 96.7 cm³/mol. The summed E-state index contributed by atoms with van der Waals surface area (Å²) in [6.07, 6.45) is 9.24. The molecule has 0 aliphatic heterocycles. The van der Waals surface area contributed by atoms with Crippen LogP contribution in [0.25, 0.3) is 0 Å². The van der Waals surface area contributed by atoms with Crippen LogP contribution in [0, 0.1) is 29.1 Å². The highest BCUT2D eigenvalue weighted by molar-refractivity contribution is 5.96. The van der Waals surface area contributed by atoms with Gasteiger partial charge in [0, 0.05) is 5.56 Å². The lowest BCUT2D eigenvalue weighted by molar-refractivity contribution is 0.0598. The summed E-state index contributed by atoms with van der Waals surface area (Å²) in [6, 6.07) is 4.23. The van der Waals surface area contributed by atoms with Crippen LogP contribution >= 0.6 is 0 Å². The molecule has 3 aliphatic rings. The Bertz CT molecular complexity index is 753. The molecule has 0 bridgehead atoms. The summed E-state index contributed by atoms with van der Waals surface area (Å²) in [4.78, 5) is 11.8. The minimum absolute atomic E-state index is 0.357. The normalized spacial score (nSPS) is 33.7. The Morgan fingerprint density at radius 2 is 2.08 bits per heavy atom. The highest BCUT2D eigenvalue weighted by atomic mass is 16.1. The van der Waals surface area contributed by atoms with Crippen LogP contribution in [0.2, 0.25) is 0 Å². The molecular formula is C22H27NO. The molecule has 3 aliphatic carbocycles. The van der Waals surface area contributed by atoms with Crippen LogP contribution < -0.4 is 5.73 Å². The summed E-state index contributed by atoms with van der Waals surface area (Å²) in [5, 5.41) is 0. The fourth-order valence-electron chi connectivity index (χ4n) is 6.06. The largest absolute Gasteiger partial charge is 0.366 e. The summed E-state index contributed by atoms with van der Waals surface area (Å²) < 4.78 is 0. The molecule has 2 saturated carbocycles. The number of aryl methyl sites for hydroxylation is 1. The van der Waals surface area contributed by atoms with E-state index in [2.05, 4.69) is 24.8 Å². The van der Waals surface area contributed by atoms with Gasteiger partial charge in [0.1, 0.15) is 0 Å². The van der Waals surface area contributed by atoms with Crippen molar-refractivity contribution in [2.75, 3.05) is 0 Å². The van der Waals surface area contributed by atoms with Crippen LogP contribution in [0.15, 0.2) is 12.1 Å². The zero-order chi connectivity index (χ0) is 16.9. The monoisotopic (exact) mass is 321 g/mol. The zero-order valence-electron chi connectivity index (χ0n) is 14.8. The number of amides is 1. The summed E-state index contributed by atoms with van der Waals surface area (Å²) in [5.41, 5.74) is 10.4. The maximum Gasteiger partial charge on any atom is 0.249 e. The van der Waals surface area contributed by atoms with Crippen molar-refractivity contribution in [3.8, 4) is 11.8 Å². The third-order valence-corrected chi connectivity index (χ3v) is 7.17. The van der Waals surface area contributed by atoms with E-state index >= 15 is 0 Å². The first-order valence-electron chi connectivity index (χ1n) is 9.43. The molecule has 0 spiro atoms. The highest BCUT2D eigenvalue weighted by Crippen LogP contribution is 2.60. The van der Waals surface area contributed by atoms with Crippen molar-refractivity contribution >= 4 is 5.91 Å². The fraction of sp³-hybridized carbons (Fsp3) is 0.591. The van der Waals surface area contributed by atoms with Crippen LogP contribution in [-0.2, 0) is 6.42 Å². The van der Waals surface area contributed by atoms with Crippen molar-refractivity contribution in [3.63, 3.8) is 0 Å². The number of fused-ring (bicyclic) bond motifs is 5. The Kier molecular flexibility index (Phi) is 3.71. The number of carbonyl (C=O) groups excluding carboxylic acids is 1. The molecule has 2 heteroatoms. The summed E-state index contributed by atoms with van der Waals surface area (Å²) in [6.45, 7) is 4.35. The molecule has 4 rings (SSSR count). The Morgan fingerprint density at radius 1 is 1.25 bits per heavy atom. The first-order valence-corrected chi connectivity index (χ1v) is 9.43. The van der Waals surface area contributed by atoms with Crippen molar-refractivity contribution < 1.29 is 4.79 Å². The maximum atomic E-state index is 11.8. The van der Waals surface area contributed by atoms with E-state index in [1.165, 1.54) is 49.7 Å². The molecule has 126 valence electrons. The van der Waals surface area contributed by atoms with E-state index in [9.17, 15) is 4.79 Å². The molecule has 24 heavy (non-hydrogen) atoms. The zero-order valence-corrected chi connectivity index (χ0v) is 14.8. The summed E-state index contributed by atoms with van der Waals surface area (Å²) >= 11 is 0. The van der Waals surface area contributed by atoms with E-state index in [1.807, 2.05) is 13.0 Å². The topological polar surface area (TPSA) is 43.1 Å². The minimum Gasteiger partial charge on any atom is -0.366 e. The molecule has 0 heterocycles. The van der Waals surface area contributed by atoms with Crippen LogP contribution in [0.3, 0.4) is 0 Å². The van der Waals surface area contributed by atoms with Crippen molar-refractivity contribution in [3.05, 3.63) is 34.4 Å². The number of nitrogens with two attached hydrogens (primary N) is 1. The summed E-state index contributed by atoms with van der Waals surface area (Å²) in [7, 11) is 0. The van der Waals surface area contributed by atoms with Crippen LogP contribution in [0.5, 0.6) is 0 Å². The average molecular weight is 321 g/mol. The van der Waals surface area contributed by atoms with Gasteiger partial charge in [0.25, 0.3) is 0 Å². The van der Waals surface area contributed by atoms with Gasteiger partial charge in [-0.2, -0.15) is 0 Å². The maximum absolute atomic E-state index is 11.8. The molecule has 0 radical (unpaired) electrons. The van der Waals surface area contributed by atoms with E-state index < -0.39 is 0 Å². The van der Waals surface area contributed by atoms with Gasteiger partial charge in [-0.05, 0) is 91.9 Å². The average Bonchev–Trinajstić information content (AvgIpc) is 2.96. The molecule has 0 aromatic heterocycles. The molecule has 0 saturated heterocycles. The molecule has 2 nitrogen and oxygen atoms in total. The van der Waals surface area contributed by atoms with Gasteiger partial charge in [-0.15, -0.1) is 5.92 Å². The van der Waals surface area contributed by atoms with E-state index in [4.69, 9.17) is 5.73 Å². The Balaban J connectivity index is 1.77. The van der Waals surface area contributed by atoms with Gasteiger partial charge >= 0.3 is 0 Å². The second-order valence-corrected chi connectivity index (χ2v) is 8.34. The van der Waals surface area contributed by atoms with Gasteiger partial charge in [0.15, 0.2) is 0 Å². The second kappa shape index (κ2) is 5.66. The molecule has 3 unspecified atom stereocenters. The molecule has 2 N–H and O–H groups in total. The van der Waals surface area contributed by atoms with Gasteiger partial charge < -0.3 is 5.73 Å². The lowest BCUT2D eigenvalue weighted by Gasteiger charge is -2.49. The van der Waals surface area contributed by atoms with Gasteiger partial charge in [-0.1, -0.05) is 19.3 Å². The van der Waals surface area contributed by atoms with E-state index in [0.29, 0.717) is 16.9 Å². The van der Waals surface area contributed by atoms with E-state index in [-0.39, 0.29) is 5.91 Å². The molecule has 1 aromatic carbocycles. The SMILES string of the molecule is CC#Cc1cc2c(cc1C(N)=O)CCC1C2CC[C@]2(C)CCCC12. The molecule has 4 atom stereocenters. The first-order chi connectivity index (χ1) is 11.5. The van der Waals surface area contributed by atoms with Gasteiger partial charge in [0.05, 0.1) is 5.56 Å². The van der Waals surface area contributed by atoms with Crippen molar-refractivity contribution in [1.29, 1.82) is 0 Å². The van der Waals surface area contributed by atoms with Gasteiger partial charge in [-0.3, -0.25) is 4.79 Å². The number of carbonyl (C=O) groups is 1. The first kappa shape index (κ1) is 15.8.